The monoisotopic (exact) mass is 202 g/mol. The first-order valence-corrected chi connectivity index (χ1v) is 4.96. The molecule has 1 aromatic carbocycles. The van der Waals surface area contributed by atoms with E-state index in [4.69, 9.17) is 9.15 Å². The Bertz CT molecular complexity index is 552. The molecule has 0 radical (unpaired) electrons. The normalized spacial score (nSPS) is 19.3. The molecule has 3 rings (SSSR count). The van der Waals surface area contributed by atoms with Gasteiger partial charge in [-0.1, -0.05) is 12.1 Å². The molecule has 0 amide bonds. The summed E-state index contributed by atoms with van der Waals surface area (Å²) in [7, 11) is 0. The van der Waals surface area contributed by atoms with Gasteiger partial charge in [0.05, 0.1) is 12.7 Å². The van der Waals surface area contributed by atoms with E-state index in [2.05, 4.69) is 0 Å². The number of hydrogen-bond donors (Lipinski definition) is 0. The van der Waals surface area contributed by atoms with Crippen LogP contribution in [0.4, 0.5) is 0 Å². The molecule has 2 aromatic rings. The van der Waals surface area contributed by atoms with Gasteiger partial charge in [0.1, 0.15) is 5.58 Å². The molecule has 1 fully saturated rings. The zero-order valence-corrected chi connectivity index (χ0v) is 8.10. The highest BCUT2D eigenvalue weighted by molar-refractivity contribution is 5.76. The highest BCUT2D eigenvalue weighted by Crippen LogP contribution is 2.19. The van der Waals surface area contributed by atoms with E-state index in [1.54, 1.807) is 6.07 Å². The van der Waals surface area contributed by atoms with E-state index in [9.17, 15) is 4.79 Å². The van der Waals surface area contributed by atoms with E-state index < -0.39 is 0 Å². The molecule has 0 N–H and O–H groups in total. The molecule has 1 unspecified atom stereocenters. The highest BCUT2D eigenvalue weighted by atomic mass is 16.6. The van der Waals surface area contributed by atoms with Crippen molar-refractivity contribution in [3.05, 3.63) is 46.3 Å². The van der Waals surface area contributed by atoms with Crippen molar-refractivity contribution in [1.82, 2.24) is 0 Å². The summed E-state index contributed by atoms with van der Waals surface area (Å²) in [6, 6.07) is 9.14. The van der Waals surface area contributed by atoms with E-state index in [1.807, 2.05) is 18.2 Å². The van der Waals surface area contributed by atoms with Gasteiger partial charge in [-0.3, -0.25) is 0 Å². The van der Waals surface area contributed by atoms with Crippen molar-refractivity contribution in [2.24, 2.45) is 0 Å². The van der Waals surface area contributed by atoms with Gasteiger partial charge < -0.3 is 9.15 Å². The molecule has 0 bridgehead atoms. The number of rotatable bonds is 2. The maximum absolute atomic E-state index is 11.0. The van der Waals surface area contributed by atoms with Crippen LogP contribution in [0, 0.1) is 0 Å². The van der Waals surface area contributed by atoms with Crippen LogP contribution in [0.2, 0.25) is 0 Å². The van der Waals surface area contributed by atoms with E-state index >= 15 is 0 Å². The van der Waals surface area contributed by atoms with Crippen LogP contribution in [0.15, 0.2) is 39.5 Å². The van der Waals surface area contributed by atoms with E-state index in [1.165, 1.54) is 6.07 Å². The van der Waals surface area contributed by atoms with Gasteiger partial charge in [-0.05, 0) is 17.7 Å². The van der Waals surface area contributed by atoms with Crippen LogP contribution in [0.3, 0.4) is 0 Å². The van der Waals surface area contributed by atoms with E-state index in [0.29, 0.717) is 11.7 Å². The number of epoxide rings is 1. The van der Waals surface area contributed by atoms with Gasteiger partial charge in [0, 0.05) is 17.9 Å². The second-order valence-electron chi connectivity index (χ2n) is 3.79. The topological polar surface area (TPSA) is 42.7 Å². The third-order valence-electron chi connectivity index (χ3n) is 2.55. The van der Waals surface area contributed by atoms with Crippen molar-refractivity contribution in [3.63, 3.8) is 0 Å². The van der Waals surface area contributed by atoms with Gasteiger partial charge in [-0.15, -0.1) is 0 Å². The first-order chi connectivity index (χ1) is 7.31. The minimum absolute atomic E-state index is 0.303. The maximum atomic E-state index is 11.0. The zero-order chi connectivity index (χ0) is 10.3. The molecule has 3 nitrogen and oxygen atoms in total. The fourth-order valence-corrected chi connectivity index (χ4v) is 1.68. The summed E-state index contributed by atoms with van der Waals surface area (Å²) in [4.78, 5) is 11.0. The van der Waals surface area contributed by atoms with Gasteiger partial charge in [-0.25, -0.2) is 4.79 Å². The zero-order valence-electron chi connectivity index (χ0n) is 8.10. The molecule has 0 aliphatic carbocycles. The lowest BCUT2D eigenvalue weighted by molar-refractivity contribution is 0.407. The van der Waals surface area contributed by atoms with Crippen molar-refractivity contribution < 1.29 is 9.15 Å². The molecular weight excluding hydrogens is 192 g/mol. The Balaban J connectivity index is 2.06. The summed E-state index contributed by atoms with van der Waals surface area (Å²) in [5.41, 5.74) is 1.50. The maximum Gasteiger partial charge on any atom is 0.336 e. The van der Waals surface area contributed by atoms with Crippen LogP contribution in [0.25, 0.3) is 11.0 Å². The minimum atomic E-state index is -0.303. The second-order valence-corrected chi connectivity index (χ2v) is 3.79. The minimum Gasteiger partial charge on any atom is -0.423 e. The molecule has 2 heterocycles. The van der Waals surface area contributed by atoms with Crippen LogP contribution in [0.1, 0.15) is 5.56 Å². The van der Waals surface area contributed by atoms with Crippen LogP contribution in [-0.4, -0.2) is 12.7 Å². The van der Waals surface area contributed by atoms with Crippen molar-refractivity contribution in [2.45, 2.75) is 12.5 Å². The van der Waals surface area contributed by atoms with Crippen molar-refractivity contribution in [1.29, 1.82) is 0 Å². The summed E-state index contributed by atoms with van der Waals surface area (Å²) in [6.45, 7) is 0.844. The Morgan fingerprint density at radius 1 is 1.27 bits per heavy atom. The lowest BCUT2D eigenvalue weighted by atomic mass is 10.1. The first-order valence-electron chi connectivity index (χ1n) is 4.96. The Morgan fingerprint density at radius 2 is 2.07 bits per heavy atom. The predicted octanol–water partition coefficient (Wildman–Crippen LogP) is 1.73. The van der Waals surface area contributed by atoms with E-state index in [-0.39, 0.29) is 5.63 Å². The molecule has 3 heteroatoms. The largest absolute Gasteiger partial charge is 0.423 e. The Hall–Kier alpha value is -1.61. The smallest absolute Gasteiger partial charge is 0.336 e. The summed E-state index contributed by atoms with van der Waals surface area (Å²) >= 11 is 0. The first kappa shape index (κ1) is 8.68. The fraction of sp³-hybridized carbons (Fsp3) is 0.250. The summed E-state index contributed by atoms with van der Waals surface area (Å²) < 4.78 is 10.3. The molecule has 0 spiro atoms. The Morgan fingerprint density at radius 3 is 2.87 bits per heavy atom. The molecule has 1 saturated heterocycles. The Labute approximate surface area is 86.3 Å². The predicted molar refractivity (Wildman–Crippen MR) is 55.9 cm³/mol. The van der Waals surface area contributed by atoms with E-state index in [0.717, 1.165) is 24.0 Å². The van der Waals surface area contributed by atoms with Gasteiger partial charge in [0.2, 0.25) is 0 Å². The summed E-state index contributed by atoms with van der Waals surface area (Å²) in [5, 5.41) is 0.954. The number of ether oxygens (including phenoxy) is 1. The van der Waals surface area contributed by atoms with Gasteiger partial charge in [0.25, 0.3) is 0 Å². The van der Waals surface area contributed by atoms with Crippen LogP contribution >= 0.6 is 0 Å². The molecule has 1 aliphatic rings. The van der Waals surface area contributed by atoms with Crippen LogP contribution in [0.5, 0.6) is 0 Å². The molecule has 1 aromatic heterocycles. The van der Waals surface area contributed by atoms with Crippen molar-refractivity contribution >= 4 is 11.0 Å². The van der Waals surface area contributed by atoms with Crippen molar-refractivity contribution in [3.8, 4) is 0 Å². The average Bonchev–Trinajstić information content (AvgIpc) is 3.01. The highest BCUT2D eigenvalue weighted by Gasteiger charge is 2.22. The standard InChI is InChI=1S/C12H10O3/c13-12-4-3-9-2-1-8(5-10-7-14-10)6-11(9)15-12/h1-4,6,10H,5,7H2. The fourth-order valence-electron chi connectivity index (χ4n) is 1.68. The third kappa shape index (κ3) is 1.78. The third-order valence-corrected chi connectivity index (χ3v) is 2.55. The second kappa shape index (κ2) is 3.21. The lowest BCUT2D eigenvalue weighted by Gasteiger charge is -1.99. The summed E-state index contributed by atoms with van der Waals surface area (Å²) in [5.74, 6) is 0. The number of fused-ring (bicyclic) bond motifs is 1. The number of hydrogen-bond acceptors (Lipinski definition) is 3. The molecule has 1 aliphatic heterocycles. The number of benzene rings is 1. The Kier molecular flexibility index (Phi) is 1.86. The van der Waals surface area contributed by atoms with Gasteiger partial charge in [-0.2, -0.15) is 0 Å². The summed E-state index contributed by atoms with van der Waals surface area (Å²) in [6.07, 6.45) is 1.26. The van der Waals surface area contributed by atoms with Crippen molar-refractivity contribution in [2.75, 3.05) is 6.61 Å². The van der Waals surface area contributed by atoms with Crippen LogP contribution < -0.4 is 5.63 Å². The molecular formula is C12H10O3. The molecule has 0 saturated carbocycles. The van der Waals surface area contributed by atoms with Gasteiger partial charge >= 0.3 is 5.63 Å². The lowest BCUT2D eigenvalue weighted by Crippen LogP contribution is -1.96. The quantitative estimate of drug-likeness (QED) is 0.550. The average molecular weight is 202 g/mol. The van der Waals surface area contributed by atoms with Crippen LogP contribution in [-0.2, 0) is 11.2 Å². The molecule has 76 valence electrons. The molecule has 1 atom stereocenters. The van der Waals surface area contributed by atoms with Gasteiger partial charge in [0.15, 0.2) is 0 Å². The molecule has 15 heavy (non-hydrogen) atoms. The SMILES string of the molecule is O=c1ccc2ccc(CC3CO3)cc2o1.